The summed E-state index contributed by atoms with van der Waals surface area (Å²) in [6.07, 6.45) is 4.19. The number of hydrogen-bond donors (Lipinski definition) is 1. The van der Waals surface area contributed by atoms with Crippen LogP contribution in [0.2, 0.25) is 0 Å². The first kappa shape index (κ1) is 13.6. The van der Waals surface area contributed by atoms with Crippen LogP contribution in [-0.2, 0) is 9.59 Å². The molecule has 6 nitrogen and oxygen atoms in total. The number of carbonyl (C=O) groups is 2. The van der Waals surface area contributed by atoms with Crippen LogP contribution in [0.1, 0.15) is 44.3 Å². The summed E-state index contributed by atoms with van der Waals surface area (Å²) in [5.74, 6) is 0.503. The Labute approximate surface area is 111 Å². The van der Waals surface area contributed by atoms with E-state index < -0.39 is 11.9 Å². The third kappa shape index (κ3) is 3.13. The van der Waals surface area contributed by atoms with Crippen LogP contribution in [0.25, 0.3) is 0 Å². The van der Waals surface area contributed by atoms with Crippen LogP contribution in [0.4, 0.5) is 0 Å². The summed E-state index contributed by atoms with van der Waals surface area (Å²) in [6, 6.07) is 1.38. The van der Waals surface area contributed by atoms with Gasteiger partial charge in [-0.15, -0.1) is 0 Å². The van der Waals surface area contributed by atoms with E-state index >= 15 is 0 Å². The standard InChI is InChI=1S/C13H19N3O3/c1-9(11-6-7-15-19-11)4-5-12(17)16-8-2-3-10(16)13(14)18/h6-7,9-10H,2-5,8H2,1H3,(H2,14,18). The molecule has 2 atom stereocenters. The molecule has 1 fully saturated rings. The van der Waals surface area contributed by atoms with Gasteiger partial charge in [-0.25, -0.2) is 0 Å². The van der Waals surface area contributed by atoms with E-state index in [2.05, 4.69) is 5.16 Å². The van der Waals surface area contributed by atoms with E-state index in [1.165, 1.54) is 0 Å². The predicted octanol–water partition coefficient (Wildman–Crippen LogP) is 1.03. The number of nitrogens with zero attached hydrogens (tertiary/aromatic N) is 2. The molecule has 2 unspecified atom stereocenters. The lowest BCUT2D eigenvalue weighted by Crippen LogP contribution is -2.43. The van der Waals surface area contributed by atoms with E-state index in [4.69, 9.17) is 10.3 Å². The molecular formula is C13H19N3O3. The van der Waals surface area contributed by atoms with Gasteiger partial charge >= 0.3 is 0 Å². The van der Waals surface area contributed by atoms with E-state index in [1.807, 2.05) is 6.92 Å². The topological polar surface area (TPSA) is 89.4 Å². The zero-order chi connectivity index (χ0) is 13.8. The Morgan fingerprint density at radius 3 is 3.05 bits per heavy atom. The highest BCUT2D eigenvalue weighted by Crippen LogP contribution is 2.23. The van der Waals surface area contributed by atoms with Crippen molar-refractivity contribution in [1.29, 1.82) is 0 Å². The summed E-state index contributed by atoms with van der Waals surface area (Å²) in [5, 5.41) is 3.65. The molecule has 1 aliphatic rings. The lowest BCUT2D eigenvalue weighted by molar-refractivity contribution is -0.137. The summed E-state index contributed by atoms with van der Waals surface area (Å²) in [6.45, 7) is 2.62. The van der Waals surface area contributed by atoms with E-state index in [1.54, 1.807) is 17.2 Å². The molecule has 0 aliphatic carbocycles. The second kappa shape index (κ2) is 5.86. The minimum absolute atomic E-state index is 0.00679. The summed E-state index contributed by atoms with van der Waals surface area (Å²) in [4.78, 5) is 25.0. The van der Waals surface area contributed by atoms with Gasteiger partial charge in [0.1, 0.15) is 11.8 Å². The Morgan fingerprint density at radius 1 is 1.63 bits per heavy atom. The highest BCUT2D eigenvalue weighted by molar-refractivity contribution is 5.87. The second-order valence-corrected chi connectivity index (χ2v) is 5.00. The highest BCUT2D eigenvalue weighted by atomic mass is 16.5. The molecule has 1 aromatic rings. The van der Waals surface area contributed by atoms with Crippen LogP contribution in [0.15, 0.2) is 16.8 Å². The summed E-state index contributed by atoms with van der Waals surface area (Å²) < 4.78 is 5.06. The van der Waals surface area contributed by atoms with Crippen molar-refractivity contribution in [1.82, 2.24) is 10.1 Å². The highest BCUT2D eigenvalue weighted by Gasteiger charge is 2.32. The van der Waals surface area contributed by atoms with Gasteiger partial charge in [0.25, 0.3) is 0 Å². The quantitative estimate of drug-likeness (QED) is 0.861. The molecule has 1 aromatic heterocycles. The minimum atomic E-state index is -0.423. The van der Waals surface area contributed by atoms with Crippen LogP contribution >= 0.6 is 0 Å². The van der Waals surface area contributed by atoms with Crippen molar-refractivity contribution in [2.75, 3.05) is 6.54 Å². The Bertz CT molecular complexity index is 444. The van der Waals surface area contributed by atoms with Crippen molar-refractivity contribution in [3.8, 4) is 0 Å². The molecule has 6 heteroatoms. The number of likely N-dealkylation sites (tertiary alicyclic amines) is 1. The molecule has 104 valence electrons. The van der Waals surface area contributed by atoms with Crippen molar-refractivity contribution in [3.05, 3.63) is 18.0 Å². The first-order chi connectivity index (χ1) is 9.09. The van der Waals surface area contributed by atoms with Crippen LogP contribution in [-0.4, -0.2) is 34.5 Å². The fourth-order valence-corrected chi connectivity index (χ4v) is 2.47. The van der Waals surface area contributed by atoms with E-state index in [0.717, 1.165) is 12.2 Å². The second-order valence-electron chi connectivity index (χ2n) is 5.00. The van der Waals surface area contributed by atoms with Crippen molar-refractivity contribution in [3.63, 3.8) is 0 Å². The van der Waals surface area contributed by atoms with Crippen LogP contribution in [0.5, 0.6) is 0 Å². The Kier molecular flexibility index (Phi) is 4.19. The zero-order valence-electron chi connectivity index (χ0n) is 11.0. The van der Waals surface area contributed by atoms with Gasteiger partial charge in [-0.1, -0.05) is 12.1 Å². The molecule has 2 heterocycles. The van der Waals surface area contributed by atoms with Crippen molar-refractivity contribution in [2.45, 2.75) is 44.6 Å². The molecule has 2 N–H and O–H groups in total. The molecule has 19 heavy (non-hydrogen) atoms. The van der Waals surface area contributed by atoms with Gasteiger partial charge in [0.2, 0.25) is 11.8 Å². The monoisotopic (exact) mass is 265 g/mol. The van der Waals surface area contributed by atoms with Gasteiger partial charge in [-0.3, -0.25) is 9.59 Å². The van der Waals surface area contributed by atoms with Crippen LogP contribution in [0.3, 0.4) is 0 Å². The third-order valence-corrected chi connectivity index (χ3v) is 3.64. The van der Waals surface area contributed by atoms with Gasteiger partial charge in [0.05, 0.1) is 6.20 Å². The lowest BCUT2D eigenvalue weighted by Gasteiger charge is -2.22. The fraction of sp³-hybridized carbons (Fsp3) is 0.615. The maximum absolute atomic E-state index is 12.1. The normalized spacial score (nSPS) is 20.5. The molecular weight excluding hydrogens is 246 g/mol. The number of amides is 2. The molecule has 0 saturated carbocycles. The van der Waals surface area contributed by atoms with E-state index in [0.29, 0.717) is 25.8 Å². The maximum Gasteiger partial charge on any atom is 0.240 e. The van der Waals surface area contributed by atoms with E-state index in [9.17, 15) is 9.59 Å². The molecule has 0 aromatic carbocycles. The largest absolute Gasteiger partial charge is 0.368 e. The van der Waals surface area contributed by atoms with Gasteiger partial charge in [0, 0.05) is 24.9 Å². The number of rotatable bonds is 5. The molecule has 0 spiro atoms. The number of hydrogen-bond acceptors (Lipinski definition) is 4. The molecule has 1 aliphatic heterocycles. The zero-order valence-corrected chi connectivity index (χ0v) is 11.0. The van der Waals surface area contributed by atoms with Crippen LogP contribution in [0, 0.1) is 0 Å². The summed E-state index contributed by atoms with van der Waals surface area (Å²) in [7, 11) is 0. The first-order valence-electron chi connectivity index (χ1n) is 6.59. The molecule has 0 bridgehead atoms. The van der Waals surface area contributed by atoms with Gasteiger partial charge < -0.3 is 15.2 Å². The molecule has 2 amide bonds. The maximum atomic E-state index is 12.1. The van der Waals surface area contributed by atoms with Gasteiger partial charge in [-0.2, -0.15) is 0 Å². The smallest absolute Gasteiger partial charge is 0.240 e. The number of aromatic nitrogens is 1. The predicted molar refractivity (Wildman–Crippen MR) is 68.1 cm³/mol. The number of nitrogens with two attached hydrogens (primary N) is 1. The van der Waals surface area contributed by atoms with Crippen molar-refractivity contribution < 1.29 is 14.1 Å². The average Bonchev–Trinajstić information content (AvgIpc) is 3.04. The minimum Gasteiger partial charge on any atom is -0.368 e. The fourth-order valence-electron chi connectivity index (χ4n) is 2.47. The molecule has 2 rings (SSSR count). The molecule has 1 saturated heterocycles. The Hall–Kier alpha value is -1.85. The molecule has 0 radical (unpaired) electrons. The number of carbonyl (C=O) groups excluding carboxylic acids is 2. The average molecular weight is 265 g/mol. The summed E-state index contributed by atoms with van der Waals surface area (Å²) in [5.41, 5.74) is 5.30. The van der Waals surface area contributed by atoms with Crippen LogP contribution < -0.4 is 5.73 Å². The van der Waals surface area contributed by atoms with Crippen molar-refractivity contribution in [2.24, 2.45) is 5.73 Å². The first-order valence-corrected chi connectivity index (χ1v) is 6.59. The number of primary amides is 1. The van der Waals surface area contributed by atoms with E-state index in [-0.39, 0.29) is 11.8 Å². The lowest BCUT2D eigenvalue weighted by atomic mass is 10.0. The van der Waals surface area contributed by atoms with Gasteiger partial charge in [0.15, 0.2) is 0 Å². The Morgan fingerprint density at radius 2 is 2.42 bits per heavy atom. The third-order valence-electron chi connectivity index (χ3n) is 3.64. The summed E-state index contributed by atoms with van der Waals surface area (Å²) >= 11 is 0. The SMILES string of the molecule is CC(CCC(=O)N1CCCC1C(N)=O)c1ccno1. The van der Waals surface area contributed by atoms with Crippen molar-refractivity contribution >= 4 is 11.8 Å². The van der Waals surface area contributed by atoms with Gasteiger partial charge in [-0.05, 0) is 19.3 Å². The Balaban J connectivity index is 1.86.